The molecule has 0 saturated heterocycles. The molecule has 0 bridgehead atoms. The number of rotatable bonds is 2. The Balaban J connectivity index is 2.33. The van der Waals surface area contributed by atoms with E-state index < -0.39 is 17.2 Å². The first-order valence-corrected chi connectivity index (χ1v) is 6.23. The Morgan fingerprint density at radius 1 is 1.21 bits per heavy atom. The summed E-state index contributed by atoms with van der Waals surface area (Å²) < 4.78 is 0.682. The number of anilines is 1. The number of hydrogen-bond acceptors (Lipinski definition) is 3. The quantitative estimate of drug-likeness (QED) is 0.774. The number of amides is 1. The van der Waals surface area contributed by atoms with Crippen LogP contribution in [0.25, 0.3) is 0 Å². The van der Waals surface area contributed by atoms with Gasteiger partial charge >= 0.3 is 5.69 Å². The lowest BCUT2D eigenvalue weighted by molar-refractivity contribution is 0.102. The van der Waals surface area contributed by atoms with Crippen LogP contribution in [0.1, 0.15) is 10.4 Å². The Morgan fingerprint density at radius 2 is 1.95 bits per heavy atom. The summed E-state index contributed by atoms with van der Waals surface area (Å²) in [5, 5.41) is 2.65. The molecule has 2 aromatic rings. The summed E-state index contributed by atoms with van der Waals surface area (Å²) in [6.45, 7) is 0. The molecule has 0 unspecified atom stereocenters. The van der Waals surface area contributed by atoms with Gasteiger partial charge in [-0.1, -0.05) is 27.5 Å². The summed E-state index contributed by atoms with van der Waals surface area (Å²) in [5.41, 5.74) is -1.10. The smallest absolute Gasteiger partial charge is 0.308 e. The molecule has 0 aliphatic heterocycles. The van der Waals surface area contributed by atoms with Gasteiger partial charge in [-0.15, -0.1) is 0 Å². The van der Waals surface area contributed by atoms with Gasteiger partial charge in [-0.25, -0.2) is 4.79 Å². The number of aromatic nitrogens is 2. The first kappa shape index (κ1) is 13.6. The molecule has 1 heterocycles. The molecule has 0 atom stereocenters. The van der Waals surface area contributed by atoms with Crippen molar-refractivity contribution in [3.05, 3.63) is 60.2 Å². The lowest BCUT2D eigenvalue weighted by Crippen LogP contribution is -2.24. The van der Waals surface area contributed by atoms with Crippen molar-refractivity contribution >= 4 is 39.3 Å². The van der Waals surface area contributed by atoms with Crippen LogP contribution in [-0.2, 0) is 0 Å². The highest BCUT2D eigenvalue weighted by Gasteiger charge is 2.11. The van der Waals surface area contributed by atoms with E-state index in [9.17, 15) is 14.4 Å². The largest absolute Gasteiger partial charge is 0.327 e. The predicted molar refractivity (Wildman–Crippen MR) is 74.8 cm³/mol. The predicted octanol–water partition coefficient (Wildman–Crippen LogP) is 1.73. The Kier molecular flexibility index (Phi) is 3.87. The number of hydrogen-bond donors (Lipinski definition) is 3. The van der Waals surface area contributed by atoms with Crippen LogP contribution in [0.5, 0.6) is 0 Å². The van der Waals surface area contributed by atoms with Crippen LogP contribution < -0.4 is 16.6 Å². The van der Waals surface area contributed by atoms with E-state index in [1.54, 1.807) is 12.1 Å². The van der Waals surface area contributed by atoms with Crippen molar-refractivity contribution in [2.45, 2.75) is 0 Å². The van der Waals surface area contributed by atoms with Crippen molar-refractivity contribution in [1.29, 1.82) is 0 Å². The van der Waals surface area contributed by atoms with Crippen LogP contribution in [0.4, 0.5) is 5.82 Å². The van der Waals surface area contributed by atoms with Crippen LogP contribution in [0.3, 0.4) is 0 Å². The maximum absolute atomic E-state index is 12.0. The van der Waals surface area contributed by atoms with Gasteiger partial charge in [0.05, 0.1) is 10.6 Å². The van der Waals surface area contributed by atoms with Crippen LogP contribution in [-0.4, -0.2) is 15.9 Å². The summed E-state index contributed by atoms with van der Waals surface area (Å²) in [7, 11) is 0. The third-order valence-electron chi connectivity index (χ3n) is 2.18. The molecule has 0 spiro atoms. The van der Waals surface area contributed by atoms with E-state index in [-0.39, 0.29) is 16.4 Å². The highest BCUT2D eigenvalue weighted by molar-refractivity contribution is 9.10. The SMILES string of the molecule is O=C(Nc1cc(=O)[nH]c(=O)[nH]1)c1cc(Br)ccc1Cl. The minimum Gasteiger partial charge on any atom is -0.308 e. The summed E-state index contributed by atoms with van der Waals surface area (Å²) >= 11 is 9.12. The Labute approximate surface area is 119 Å². The molecule has 8 heteroatoms. The van der Waals surface area contributed by atoms with Crippen molar-refractivity contribution in [2.75, 3.05) is 5.32 Å². The molecule has 3 N–H and O–H groups in total. The molecule has 1 aromatic heterocycles. The van der Waals surface area contributed by atoms with Gasteiger partial charge in [0.25, 0.3) is 11.5 Å². The summed E-state index contributed by atoms with van der Waals surface area (Å²) in [5.74, 6) is -0.539. The molecule has 2 rings (SSSR count). The van der Waals surface area contributed by atoms with Gasteiger partial charge in [0.2, 0.25) is 0 Å². The van der Waals surface area contributed by atoms with E-state index in [0.29, 0.717) is 4.47 Å². The van der Waals surface area contributed by atoms with Gasteiger partial charge < -0.3 is 5.32 Å². The number of nitrogens with one attached hydrogen (secondary N) is 3. The number of H-pyrrole nitrogens is 2. The van der Waals surface area contributed by atoms with Crippen LogP contribution in [0.2, 0.25) is 5.02 Å². The number of carbonyl (C=O) groups is 1. The average Bonchev–Trinajstić information content (AvgIpc) is 2.30. The fraction of sp³-hybridized carbons (Fsp3) is 0. The summed E-state index contributed by atoms with van der Waals surface area (Å²) in [6, 6.07) is 5.84. The van der Waals surface area contributed by atoms with Crippen LogP contribution >= 0.6 is 27.5 Å². The maximum Gasteiger partial charge on any atom is 0.327 e. The zero-order valence-electron chi connectivity index (χ0n) is 9.29. The molecule has 0 fully saturated rings. The number of aromatic amines is 2. The van der Waals surface area contributed by atoms with E-state index in [4.69, 9.17) is 11.6 Å². The zero-order valence-corrected chi connectivity index (χ0v) is 11.6. The van der Waals surface area contributed by atoms with Crippen LogP contribution in [0.15, 0.2) is 38.3 Å². The standard InChI is InChI=1S/C11H7BrClN3O3/c12-5-1-2-7(13)6(3-5)10(18)14-8-4-9(17)16-11(19)15-8/h1-4H,(H3,14,15,16,17,18,19). The van der Waals surface area contributed by atoms with Crippen molar-refractivity contribution in [1.82, 2.24) is 9.97 Å². The minimum absolute atomic E-state index is 0.00482. The van der Waals surface area contributed by atoms with Gasteiger partial charge in [0.1, 0.15) is 5.82 Å². The number of benzene rings is 1. The van der Waals surface area contributed by atoms with Gasteiger partial charge in [-0.3, -0.25) is 19.6 Å². The summed E-state index contributed by atoms with van der Waals surface area (Å²) in [4.78, 5) is 38.4. The normalized spacial score (nSPS) is 10.2. The number of halogens is 2. The molecular weight excluding hydrogens is 337 g/mol. The second kappa shape index (κ2) is 5.41. The second-order valence-corrected chi connectivity index (χ2v) is 4.90. The molecule has 98 valence electrons. The first-order valence-electron chi connectivity index (χ1n) is 5.06. The number of carbonyl (C=O) groups excluding carboxylic acids is 1. The topological polar surface area (TPSA) is 94.8 Å². The van der Waals surface area contributed by atoms with Crippen molar-refractivity contribution in [3.8, 4) is 0 Å². The third kappa shape index (κ3) is 3.33. The molecule has 19 heavy (non-hydrogen) atoms. The minimum atomic E-state index is -0.705. The van der Waals surface area contributed by atoms with Gasteiger partial charge in [0.15, 0.2) is 0 Å². The Hall–Kier alpha value is -1.86. The van der Waals surface area contributed by atoms with Gasteiger partial charge in [-0.2, -0.15) is 0 Å². The molecule has 1 aromatic carbocycles. The molecule has 1 amide bonds. The Morgan fingerprint density at radius 3 is 2.63 bits per heavy atom. The molecule has 0 radical (unpaired) electrons. The second-order valence-electron chi connectivity index (χ2n) is 3.58. The zero-order chi connectivity index (χ0) is 14.0. The van der Waals surface area contributed by atoms with E-state index in [0.717, 1.165) is 6.07 Å². The molecule has 6 nitrogen and oxygen atoms in total. The van der Waals surface area contributed by atoms with E-state index >= 15 is 0 Å². The highest BCUT2D eigenvalue weighted by atomic mass is 79.9. The van der Waals surface area contributed by atoms with E-state index in [1.165, 1.54) is 6.07 Å². The van der Waals surface area contributed by atoms with Gasteiger partial charge in [-0.05, 0) is 18.2 Å². The molecule has 0 saturated carbocycles. The fourth-order valence-corrected chi connectivity index (χ4v) is 1.96. The Bertz CT molecular complexity index is 725. The average molecular weight is 345 g/mol. The van der Waals surface area contributed by atoms with E-state index in [2.05, 4.69) is 26.2 Å². The van der Waals surface area contributed by atoms with Crippen LogP contribution in [0, 0.1) is 0 Å². The van der Waals surface area contributed by atoms with Crippen molar-refractivity contribution < 1.29 is 4.79 Å². The summed E-state index contributed by atoms with van der Waals surface area (Å²) in [6.07, 6.45) is 0. The third-order valence-corrected chi connectivity index (χ3v) is 3.00. The monoisotopic (exact) mass is 343 g/mol. The van der Waals surface area contributed by atoms with E-state index in [1.807, 2.05) is 4.98 Å². The molecule has 0 aliphatic rings. The maximum atomic E-state index is 12.0. The van der Waals surface area contributed by atoms with Crippen molar-refractivity contribution in [3.63, 3.8) is 0 Å². The first-order chi connectivity index (χ1) is 8.95. The lowest BCUT2D eigenvalue weighted by atomic mass is 10.2. The lowest BCUT2D eigenvalue weighted by Gasteiger charge is -2.06. The van der Waals surface area contributed by atoms with Crippen molar-refractivity contribution in [2.24, 2.45) is 0 Å². The highest BCUT2D eigenvalue weighted by Crippen LogP contribution is 2.21. The molecule has 0 aliphatic carbocycles. The fourth-order valence-electron chi connectivity index (χ4n) is 1.40. The molecular formula is C11H7BrClN3O3. The van der Waals surface area contributed by atoms with Gasteiger partial charge in [0, 0.05) is 10.5 Å².